The van der Waals surface area contributed by atoms with Crippen molar-refractivity contribution in [2.75, 3.05) is 26.1 Å². The minimum Gasteiger partial charge on any atom is -0.465 e. The molecule has 0 aromatic heterocycles. The lowest BCUT2D eigenvalue weighted by Gasteiger charge is -2.15. The van der Waals surface area contributed by atoms with Gasteiger partial charge in [0.15, 0.2) is 0 Å². The topological polar surface area (TPSA) is 59.3 Å². The van der Waals surface area contributed by atoms with Crippen LogP contribution in [0.25, 0.3) is 0 Å². The summed E-state index contributed by atoms with van der Waals surface area (Å²) in [6.45, 7) is 2.44. The van der Waals surface area contributed by atoms with Crippen LogP contribution in [-0.2, 0) is 14.3 Å². The van der Waals surface area contributed by atoms with E-state index in [1.165, 1.54) is 18.9 Å². The average molecular weight is 252 g/mol. The highest BCUT2D eigenvalue weighted by Crippen LogP contribution is 2.19. The van der Waals surface area contributed by atoms with Gasteiger partial charge in [-0.05, 0) is 6.92 Å². The number of rotatable bonds is 7. The molecule has 86 valence electrons. The number of halogens is 1. The Balaban J connectivity index is 3.96. The maximum absolute atomic E-state index is 11.1. The number of hydrogen-bond donors (Lipinski definition) is 0. The molecule has 0 aliphatic carbocycles. The van der Waals surface area contributed by atoms with Crippen molar-refractivity contribution in [3.8, 4) is 6.07 Å². The molecule has 0 bridgehead atoms. The van der Waals surface area contributed by atoms with Crippen molar-refractivity contribution >= 4 is 29.3 Å². The second-order valence-electron chi connectivity index (χ2n) is 2.64. The van der Waals surface area contributed by atoms with Crippen molar-refractivity contribution in [1.29, 1.82) is 5.26 Å². The van der Waals surface area contributed by atoms with Crippen LogP contribution < -0.4 is 0 Å². The van der Waals surface area contributed by atoms with Crippen molar-refractivity contribution in [3.63, 3.8) is 0 Å². The van der Waals surface area contributed by atoms with E-state index in [-0.39, 0.29) is 17.0 Å². The van der Waals surface area contributed by atoms with E-state index in [1.807, 2.05) is 6.07 Å². The third-order valence-corrected chi connectivity index (χ3v) is 3.29. The molecule has 4 nitrogen and oxygen atoms in total. The summed E-state index contributed by atoms with van der Waals surface area (Å²) < 4.78 is 9.67. The predicted molar refractivity (Wildman–Crippen MR) is 60.0 cm³/mol. The van der Waals surface area contributed by atoms with Crippen molar-refractivity contribution in [1.82, 2.24) is 0 Å². The number of carbonyl (C=O) groups excluding carboxylic acids is 1. The summed E-state index contributed by atoms with van der Waals surface area (Å²) >= 11 is 7.03. The second kappa shape index (κ2) is 8.84. The van der Waals surface area contributed by atoms with Crippen LogP contribution in [0, 0.1) is 11.3 Å². The van der Waals surface area contributed by atoms with E-state index in [9.17, 15) is 4.79 Å². The number of methoxy groups -OCH3 is 1. The zero-order chi connectivity index (χ0) is 11.7. The van der Waals surface area contributed by atoms with E-state index in [0.717, 1.165) is 0 Å². The fourth-order valence-electron chi connectivity index (χ4n) is 0.842. The van der Waals surface area contributed by atoms with Crippen molar-refractivity contribution in [2.24, 2.45) is 0 Å². The molecule has 0 aliphatic rings. The van der Waals surface area contributed by atoms with E-state index in [2.05, 4.69) is 0 Å². The Morgan fingerprint density at radius 2 is 2.33 bits per heavy atom. The monoisotopic (exact) mass is 251 g/mol. The zero-order valence-corrected chi connectivity index (χ0v) is 10.3. The van der Waals surface area contributed by atoms with Crippen molar-refractivity contribution in [2.45, 2.75) is 17.6 Å². The Labute approximate surface area is 98.9 Å². The summed E-state index contributed by atoms with van der Waals surface area (Å²) in [5, 5.41) is 7.75. The molecule has 0 aromatic rings. The fraction of sp³-hybridized carbons (Fsp3) is 0.778. The van der Waals surface area contributed by atoms with E-state index in [1.54, 1.807) is 6.92 Å². The molecule has 2 atom stereocenters. The first-order chi connectivity index (χ1) is 7.15. The molecular weight excluding hydrogens is 238 g/mol. The highest BCUT2D eigenvalue weighted by molar-refractivity contribution is 8.00. The number of hydrogen-bond acceptors (Lipinski definition) is 5. The van der Waals surface area contributed by atoms with E-state index in [4.69, 9.17) is 26.3 Å². The lowest BCUT2D eigenvalue weighted by atomic mass is 10.3. The van der Waals surface area contributed by atoms with Gasteiger partial charge in [0.05, 0.1) is 30.3 Å². The SMILES string of the molecule is CCOC(=O)CSC(COC)C(Cl)C#N. The van der Waals surface area contributed by atoms with Crippen LogP contribution in [0.1, 0.15) is 6.92 Å². The van der Waals surface area contributed by atoms with Gasteiger partial charge in [0.1, 0.15) is 5.38 Å². The third kappa shape index (κ3) is 6.61. The molecule has 0 saturated heterocycles. The van der Waals surface area contributed by atoms with Gasteiger partial charge in [-0.3, -0.25) is 4.79 Å². The van der Waals surface area contributed by atoms with Crippen LogP contribution in [0.3, 0.4) is 0 Å². The molecule has 0 aromatic carbocycles. The Kier molecular flexibility index (Phi) is 8.58. The predicted octanol–water partition coefficient (Wildman–Crippen LogP) is 1.43. The second-order valence-corrected chi connectivity index (χ2v) is 4.34. The van der Waals surface area contributed by atoms with Crippen molar-refractivity contribution < 1.29 is 14.3 Å². The van der Waals surface area contributed by atoms with Crippen LogP contribution >= 0.6 is 23.4 Å². The first-order valence-corrected chi connectivity index (χ1v) is 5.94. The Morgan fingerprint density at radius 3 is 2.80 bits per heavy atom. The van der Waals surface area contributed by atoms with E-state index in [0.29, 0.717) is 13.2 Å². The standard InChI is InChI=1S/C9H14ClNO3S/c1-3-14-9(12)6-15-8(5-13-2)7(10)4-11/h7-8H,3,5-6H2,1-2H3. The highest BCUT2D eigenvalue weighted by Gasteiger charge is 2.20. The molecule has 0 saturated carbocycles. The number of carbonyl (C=O) groups is 1. The van der Waals surface area contributed by atoms with Gasteiger partial charge in [-0.2, -0.15) is 5.26 Å². The van der Waals surface area contributed by atoms with Crippen LogP contribution in [-0.4, -0.2) is 42.7 Å². The Morgan fingerprint density at radius 1 is 1.67 bits per heavy atom. The third-order valence-electron chi connectivity index (χ3n) is 1.50. The van der Waals surface area contributed by atoms with Gasteiger partial charge < -0.3 is 9.47 Å². The van der Waals surface area contributed by atoms with Gasteiger partial charge in [-0.15, -0.1) is 23.4 Å². The molecule has 2 unspecified atom stereocenters. The number of ether oxygens (including phenoxy) is 2. The smallest absolute Gasteiger partial charge is 0.315 e. The molecular formula is C9H14ClNO3S. The van der Waals surface area contributed by atoms with Gasteiger partial charge >= 0.3 is 5.97 Å². The maximum Gasteiger partial charge on any atom is 0.315 e. The van der Waals surface area contributed by atoms with E-state index < -0.39 is 5.38 Å². The maximum atomic E-state index is 11.1. The van der Waals surface area contributed by atoms with Crippen molar-refractivity contribution in [3.05, 3.63) is 0 Å². The lowest BCUT2D eigenvalue weighted by Crippen LogP contribution is -2.23. The van der Waals surface area contributed by atoms with Gasteiger partial charge in [0, 0.05) is 7.11 Å². The minimum absolute atomic E-state index is 0.187. The fourth-order valence-corrected chi connectivity index (χ4v) is 2.03. The summed E-state index contributed by atoms with van der Waals surface area (Å²) in [5.74, 6) is -0.113. The first kappa shape index (κ1) is 14.6. The molecule has 0 spiro atoms. The van der Waals surface area contributed by atoms with Crippen LogP contribution in [0.15, 0.2) is 0 Å². The minimum atomic E-state index is -0.663. The molecule has 0 amide bonds. The summed E-state index contributed by atoms with van der Waals surface area (Å²) in [6, 6.07) is 1.92. The van der Waals surface area contributed by atoms with Crippen LogP contribution in [0.4, 0.5) is 0 Å². The number of alkyl halides is 1. The molecule has 0 N–H and O–H groups in total. The molecule has 0 rings (SSSR count). The van der Waals surface area contributed by atoms with E-state index >= 15 is 0 Å². The summed E-state index contributed by atoms with van der Waals surface area (Å²) in [4.78, 5) is 11.1. The summed E-state index contributed by atoms with van der Waals surface area (Å²) in [5.41, 5.74) is 0. The number of nitriles is 1. The van der Waals surface area contributed by atoms with Crippen LogP contribution in [0.2, 0.25) is 0 Å². The highest BCUT2D eigenvalue weighted by atomic mass is 35.5. The summed E-state index contributed by atoms with van der Waals surface area (Å²) in [6.07, 6.45) is 0. The Bertz CT molecular complexity index is 232. The molecule has 0 fully saturated rings. The quantitative estimate of drug-likeness (QED) is 0.506. The molecule has 6 heteroatoms. The van der Waals surface area contributed by atoms with Crippen LogP contribution in [0.5, 0.6) is 0 Å². The average Bonchev–Trinajstić information content (AvgIpc) is 2.23. The van der Waals surface area contributed by atoms with Gasteiger partial charge in [-0.25, -0.2) is 0 Å². The number of nitrogens with zero attached hydrogens (tertiary/aromatic N) is 1. The first-order valence-electron chi connectivity index (χ1n) is 4.45. The summed E-state index contributed by atoms with van der Waals surface area (Å²) in [7, 11) is 1.53. The van der Waals surface area contributed by atoms with Gasteiger partial charge in [-0.1, -0.05) is 0 Å². The number of thioether (sulfide) groups is 1. The molecule has 0 aliphatic heterocycles. The Hall–Kier alpha value is -0.440. The van der Waals surface area contributed by atoms with Gasteiger partial charge in [0.2, 0.25) is 0 Å². The zero-order valence-electron chi connectivity index (χ0n) is 8.73. The largest absolute Gasteiger partial charge is 0.465 e. The normalized spacial score (nSPS) is 14.0. The lowest BCUT2D eigenvalue weighted by molar-refractivity contribution is -0.139. The molecule has 0 heterocycles. The van der Waals surface area contributed by atoms with Gasteiger partial charge in [0.25, 0.3) is 0 Å². The number of esters is 1. The molecule has 0 radical (unpaired) electrons. The molecule has 15 heavy (non-hydrogen) atoms.